The van der Waals surface area contributed by atoms with Crippen molar-refractivity contribution in [1.82, 2.24) is 0 Å². The Morgan fingerprint density at radius 1 is 1.04 bits per heavy atom. The molecule has 0 saturated heterocycles. The molecule has 3 rings (SSSR count). The molecule has 0 radical (unpaired) electrons. The van der Waals surface area contributed by atoms with Gasteiger partial charge in [0.2, 0.25) is 0 Å². The molecule has 0 fully saturated rings. The predicted octanol–water partition coefficient (Wildman–Crippen LogP) is 3.37. The number of Topliss-reactive ketones (excluding diaryl/α,β-unsaturated/α-hetero) is 1. The van der Waals surface area contributed by atoms with E-state index < -0.39 is 48.4 Å². The minimum absolute atomic E-state index is 0.149. The molecule has 1 heterocycles. The third-order valence-electron chi connectivity index (χ3n) is 4.19. The van der Waals surface area contributed by atoms with Crippen LogP contribution in [0, 0.1) is 0 Å². The summed E-state index contributed by atoms with van der Waals surface area (Å²) in [5.74, 6) is -1.11. The van der Waals surface area contributed by atoms with Crippen molar-refractivity contribution >= 4 is 18.4 Å². The number of carbonyl (C=O) groups excluding carboxylic acids is 1. The van der Waals surface area contributed by atoms with Crippen LogP contribution in [0.15, 0.2) is 36.4 Å². The highest BCUT2D eigenvalue weighted by Gasteiger charge is 2.38. The molecule has 10 heteroatoms. The number of hydrogen-bond acceptors (Lipinski definition) is 3. The molecule has 0 aliphatic carbocycles. The summed E-state index contributed by atoms with van der Waals surface area (Å²) in [6, 6.07) is 5.17. The van der Waals surface area contributed by atoms with Gasteiger partial charge in [0.15, 0.2) is 5.78 Å². The lowest BCUT2D eigenvalue weighted by molar-refractivity contribution is -0.141. The first-order chi connectivity index (χ1) is 12.5. The third kappa shape index (κ3) is 4.01. The van der Waals surface area contributed by atoms with Gasteiger partial charge in [-0.25, -0.2) is 0 Å². The second-order valence-corrected chi connectivity index (χ2v) is 6.05. The van der Waals surface area contributed by atoms with Crippen molar-refractivity contribution in [1.29, 1.82) is 0 Å². The molecule has 0 spiro atoms. The van der Waals surface area contributed by atoms with Gasteiger partial charge in [-0.3, -0.25) is 4.79 Å². The van der Waals surface area contributed by atoms with Gasteiger partial charge < -0.3 is 9.68 Å². The summed E-state index contributed by atoms with van der Waals surface area (Å²) in [5.41, 5.74) is -2.51. The largest absolute Gasteiger partial charge is 0.491 e. The normalized spacial score (nSPS) is 14.4. The van der Waals surface area contributed by atoms with Crippen molar-refractivity contribution in [2.45, 2.75) is 25.4 Å². The molecule has 0 amide bonds. The van der Waals surface area contributed by atoms with Crippen LogP contribution in [-0.4, -0.2) is 17.9 Å². The third-order valence-corrected chi connectivity index (χ3v) is 4.19. The Labute approximate surface area is 149 Å². The van der Waals surface area contributed by atoms with Crippen LogP contribution in [0.3, 0.4) is 0 Å². The van der Waals surface area contributed by atoms with Crippen LogP contribution < -0.4 is 5.46 Å². The van der Waals surface area contributed by atoms with Crippen LogP contribution in [-0.2, 0) is 30.0 Å². The van der Waals surface area contributed by atoms with E-state index in [1.165, 1.54) is 12.1 Å². The van der Waals surface area contributed by atoms with Gasteiger partial charge in [-0.05, 0) is 34.8 Å². The lowest BCUT2D eigenvalue weighted by Gasteiger charge is -2.15. The highest BCUT2D eigenvalue weighted by atomic mass is 19.4. The van der Waals surface area contributed by atoms with Crippen molar-refractivity contribution in [2.24, 2.45) is 0 Å². The van der Waals surface area contributed by atoms with E-state index in [1.54, 1.807) is 6.07 Å². The average molecular weight is 388 g/mol. The quantitative estimate of drug-likeness (QED) is 0.499. The number of benzene rings is 2. The first-order valence-corrected chi connectivity index (χ1v) is 7.70. The summed E-state index contributed by atoms with van der Waals surface area (Å²) in [7, 11) is -1.21. The van der Waals surface area contributed by atoms with Crippen LogP contribution in [0.4, 0.5) is 26.3 Å². The maximum absolute atomic E-state index is 13.1. The van der Waals surface area contributed by atoms with Crippen molar-refractivity contribution in [3.8, 4) is 0 Å². The second-order valence-electron chi connectivity index (χ2n) is 6.05. The van der Waals surface area contributed by atoms with Crippen LogP contribution in [0.5, 0.6) is 0 Å². The number of rotatable bonds is 3. The van der Waals surface area contributed by atoms with Gasteiger partial charge >= 0.3 is 19.5 Å². The van der Waals surface area contributed by atoms with Gasteiger partial charge in [-0.2, -0.15) is 26.3 Å². The molecule has 2 aromatic rings. The molecule has 2 aromatic carbocycles. The topological polar surface area (TPSA) is 46.5 Å². The number of carbonyl (C=O) groups is 1. The summed E-state index contributed by atoms with van der Waals surface area (Å²) >= 11 is 0. The number of fused-ring (bicyclic) bond motifs is 1. The predicted molar refractivity (Wildman–Crippen MR) is 83.3 cm³/mol. The maximum Gasteiger partial charge on any atom is 0.491 e. The van der Waals surface area contributed by atoms with Crippen molar-refractivity contribution in [3.63, 3.8) is 0 Å². The summed E-state index contributed by atoms with van der Waals surface area (Å²) in [4.78, 5) is 12.4. The molecule has 0 bridgehead atoms. The highest BCUT2D eigenvalue weighted by Crippen LogP contribution is 2.37. The van der Waals surface area contributed by atoms with E-state index in [2.05, 4.69) is 0 Å². The standard InChI is InChI=1S/C17H11BF6O3/c19-16(20,21)11-3-4-13(17(22,23)24)12(7-11)15(25)6-9-1-2-10-8-27-18(26)14(10)5-9/h1-5,7,26H,6,8H2. The lowest BCUT2D eigenvalue weighted by atomic mass is 9.78. The number of alkyl halides is 6. The van der Waals surface area contributed by atoms with Crippen molar-refractivity contribution in [2.75, 3.05) is 0 Å². The van der Waals surface area contributed by atoms with Gasteiger partial charge in [0, 0.05) is 12.0 Å². The van der Waals surface area contributed by atoms with Crippen LogP contribution >= 0.6 is 0 Å². The van der Waals surface area contributed by atoms with Crippen LogP contribution in [0.1, 0.15) is 32.6 Å². The maximum atomic E-state index is 13.1. The van der Waals surface area contributed by atoms with Gasteiger partial charge in [-0.1, -0.05) is 18.2 Å². The first kappa shape index (κ1) is 19.4. The number of ketones is 1. The van der Waals surface area contributed by atoms with E-state index >= 15 is 0 Å². The van der Waals surface area contributed by atoms with Gasteiger partial charge in [0.05, 0.1) is 17.7 Å². The van der Waals surface area contributed by atoms with Gasteiger partial charge in [0.1, 0.15) is 0 Å². The molecule has 3 nitrogen and oxygen atoms in total. The Hall–Kier alpha value is -2.33. The van der Waals surface area contributed by atoms with E-state index in [0.717, 1.165) is 0 Å². The second kappa shape index (κ2) is 6.68. The van der Waals surface area contributed by atoms with Gasteiger partial charge in [0.25, 0.3) is 0 Å². The van der Waals surface area contributed by atoms with Crippen LogP contribution in [0.25, 0.3) is 0 Å². The SMILES string of the molecule is O=C(Cc1ccc2c(c1)B(O)OC2)c1cc(C(F)(F)F)ccc1C(F)(F)F. The zero-order valence-corrected chi connectivity index (χ0v) is 13.5. The Morgan fingerprint density at radius 3 is 2.37 bits per heavy atom. The summed E-state index contributed by atoms with van der Waals surface area (Å²) in [5, 5.41) is 9.65. The molecule has 27 heavy (non-hydrogen) atoms. The Balaban J connectivity index is 1.97. The Kier molecular flexibility index (Phi) is 4.81. The molecule has 0 unspecified atom stereocenters. The molecule has 142 valence electrons. The number of halogens is 6. The minimum Gasteiger partial charge on any atom is -0.423 e. The zero-order chi connectivity index (χ0) is 20.0. The van der Waals surface area contributed by atoms with E-state index in [4.69, 9.17) is 4.65 Å². The average Bonchev–Trinajstić information content (AvgIpc) is 2.93. The smallest absolute Gasteiger partial charge is 0.423 e. The molecule has 1 N–H and O–H groups in total. The number of hydrogen-bond donors (Lipinski definition) is 1. The lowest BCUT2D eigenvalue weighted by Crippen LogP contribution is -2.28. The Morgan fingerprint density at radius 2 is 1.74 bits per heavy atom. The van der Waals surface area contributed by atoms with E-state index in [-0.39, 0.29) is 24.3 Å². The molecule has 0 atom stereocenters. The van der Waals surface area contributed by atoms with Crippen molar-refractivity contribution < 1.29 is 40.8 Å². The van der Waals surface area contributed by atoms with Crippen molar-refractivity contribution in [3.05, 3.63) is 64.2 Å². The monoisotopic (exact) mass is 388 g/mol. The fourth-order valence-electron chi connectivity index (χ4n) is 2.85. The molecule has 1 aliphatic rings. The zero-order valence-electron chi connectivity index (χ0n) is 13.5. The fraction of sp³-hybridized carbons (Fsp3) is 0.235. The molecular formula is C17H11BF6O3. The molecule has 0 saturated carbocycles. The molecule has 1 aliphatic heterocycles. The van der Waals surface area contributed by atoms with E-state index in [9.17, 15) is 36.2 Å². The van der Waals surface area contributed by atoms with E-state index in [0.29, 0.717) is 17.1 Å². The van der Waals surface area contributed by atoms with Crippen LogP contribution in [0.2, 0.25) is 0 Å². The first-order valence-electron chi connectivity index (χ1n) is 7.70. The summed E-state index contributed by atoms with van der Waals surface area (Å²) in [6.45, 7) is 0.149. The Bertz CT molecular complexity index is 891. The molecular weight excluding hydrogens is 377 g/mol. The summed E-state index contributed by atoms with van der Waals surface area (Å²) in [6.07, 6.45) is -10.4. The fourth-order valence-corrected chi connectivity index (χ4v) is 2.85. The van der Waals surface area contributed by atoms with Gasteiger partial charge in [-0.15, -0.1) is 0 Å². The minimum atomic E-state index is -4.98. The highest BCUT2D eigenvalue weighted by molar-refractivity contribution is 6.61. The van der Waals surface area contributed by atoms with E-state index in [1.807, 2.05) is 0 Å². The molecule has 0 aromatic heterocycles. The summed E-state index contributed by atoms with van der Waals surface area (Å²) < 4.78 is 82.9.